The molecule has 3 amide bonds. The van der Waals surface area contributed by atoms with Crippen molar-refractivity contribution in [2.75, 3.05) is 11.4 Å². The molecular weight excluding hydrogens is 418 g/mol. The summed E-state index contributed by atoms with van der Waals surface area (Å²) in [5, 5.41) is 0. The first-order valence-electron chi connectivity index (χ1n) is 11.1. The van der Waals surface area contributed by atoms with Crippen molar-refractivity contribution in [1.82, 2.24) is 9.80 Å². The second kappa shape index (κ2) is 8.24. The molecule has 1 aromatic heterocycles. The Kier molecular flexibility index (Phi) is 5.24. The number of carbonyl (C=O) groups is 3. The first-order valence-corrected chi connectivity index (χ1v) is 11.1. The van der Waals surface area contributed by atoms with Gasteiger partial charge in [0.2, 0.25) is 11.8 Å². The summed E-state index contributed by atoms with van der Waals surface area (Å²) in [7, 11) is 0. The Hall–Kier alpha value is -3.87. The van der Waals surface area contributed by atoms with Crippen LogP contribution in [-0.4, -0.2) is 39.7 Å². The van der Waals surface area contributed by atoms with Crippen LogP contribution in [0.3, 0.4) is 0 Å². The number of fused-ring (bicyclic) bond motifs is 3. The molecule has 0 aliphatic carbocycles. The van der Waals surface area contributed by atoms with Crippen molar-refractivity contribution in [3.8, 4) is 0 Å². The highest BCUT2D eigenvalue weighted by molar-refractivity contribution is 6.11. The normalized spacial score (nSPS) is 19.4. The largest absolute Gasteiger partial charge is 0.467 e. The van der Waals surface area contributed by atoms with E-state index < -0.39 is 5.66 Å². The maximum absolute atomic E-state index is 13.6. The lowest BCUT2D eigenvalue weighted by Gasteiger charge is -2.48. The summed E-state index contributed by atoms with van der Waals surface area (Å²) in [5.74, 6) is 0.193. The SMILES string of the molecule is CC12CCC(=O)N1c1ccccc1C(=O)N2CC(=O)N(Cc1ccccc1)Cc1ccco1. The zero-order valence-corrected chi connectivity index (χ0v) is 18.4. The molecule has 2 aliphatic rings. The standard InChI is InChI=1S/C26H25N3O4/c1-26-14-13-23(30)29(26)22-12-6-5-11-21(22)25(32)28(26)18-24(31)27(17-20-10-7-15-33-20)16-19-8-3-2-4-9-19/h2-12,15H,13-14,16-18H2,1H3. The number of rotatable bonds is 6. The van der Waals surface area contributed by atoms with Crippen molar-refractivity contribution in [3.05, 3.63) is 89.9 Å². The van der Waals surface area contributed by atoms with E-state index >= 15 is 0 Å². The van der Waals surface area contributed by atoms with E-state index in [-0.39, 0.29) is 24.3 Å². The molecule has 168 valence electrons. The highest BCUT2D eigenvalue weighted by Gasteiger charge is 2.53. The predicted molar refractivity (Wildman–Crippen MR) is 122 cm³/mol. The molecule has 7 nitrogen and oxygen atoms in total. The Labute approximate surface area is 192 Å². The van der Waals surface area contributed by atoms with Gasteiger partial charge in [-0.3, -0.25) is 19.3 Å². The summed E-state index contributed by atoms with van der Waals surface area (Å²) in [4.78, 5) is 44.8. The molecule has 1 saturated heterocycles. The number of benzene rings is 2. The molecule has 3 heterocycles. The third kappa shape index (κ3) is 3.69. The summed E-state index contributed by atoms with van der Waals surface area (Å²) in [6.07, 6.45) is 2.40. The van der Waals surface area contributed by atoms with Crippen LogP contribution in [0.4, 0.5) is 5.69 Å². The topological polar surface area (TPSA) is 74.1 Å². The van der Waals surface area contributed by atoms with Crippen LogP contribution in [0.2, 0.25) is 0 Å². The zero-order chi connectivity index (χ0) is 23.0. The minimum absolute atomic E-state index is 0.0355. The Morgan fingerprint density at radius 1 is 1.00 bits per heavy atom. The fourth-order valence-electron chi connectivity index (χ4n) is 4.80. The zero-order valence-electron chi connectivity index (χ0n) is 18.4. The molecule has 1 fully saturated rings. The van der Waals surface area contributed by atoms with Crippen LogP contribution in [0.1, 0.15) is 41.4 Å². The van der Waals surface area contributed by atoms with Gasteiger partial charge < -0.3 is 14.2 Å². The monoisotopic (exact) mass is 443 g/mol. The predicted octanol–water partition coefficient (Wildman–Crippen LogP) is 3.81. The van der Waals surface area contributed by atoms with E-state index in [4.69, 9.17) is 4.42 Å². The van der Waals surface area contributed by atoms with Gasteiger partial charge in [0, 0.05) is 13.0 Å². The highest BCUT2D eigenvalue weighted by Crippen LogP contribution is 2.43. The smallest absolute Gasteiger partial charge is 0.258 e. The minimum Gasteiger partial charge on any atom is -0.467 e. The van der Waals surface area contributed by atoms with Crippen LogP contribution < -0.4 is 4.90 Å². The number of carbonyl (C=O) groups excluding carboxylic acids is 3. The van der Waals surface area contributed by atoms with Crippen LogP contribution in [0.15, 0.2) is 77.4 Å². The van der Waals surface area contributed by atoms with Gasteiger partial charge in [0.25, 0.3) is 5.91 Å². The van der Waals surface area contributed by atoms with E-state index in [1.54, 1.807) is 45.2 Å². The number of para-hydroxylation sites is 1. The molecule has 33 heavy (non-hydrogen) atoms. The van der Waals surface area contributed by atoms with Gasteiger partial charge in [0.05, 0.1) is 24.1 Å². The van der Waals surface area contributed by atoms with Crippen molar-refractivity contribution in [3.63, 3.8) is 0 Å². The number of anilines is 1. The summed E-state index contributed by atoms with van der Waals surface area (Å²) in [5.41, 5.74) is 1.17. The van der Waals surface area contributed by atoms with Crippen LogP contribution >= 0.6 is 0 Å². The lowest BCUT2D eigenvalue weighted by molar-refractivity contribution is -0.135. The summed E-state index contributed by atoms with van der Waals surface area (Å²) in [6, 6.07) is 20.4. The van der Waals surface area contributed by atoms with Gasteiger partial charge in [-0.25, -0.2) is 0 Å². The maximum atomic E-state index is 13.6. The average Bonchev–Trinajstić information content (AvgIpc) is 3.45. The molecule has 7 heteroatoms. The van der Waals surface area contributed by atoms with E-state index in [1.165, 1.54) is 0 Å². The molecular formula is C26H25N3O4. The van der Waals surface area contributed by atoms with E-state index in [2.05, 4.69) is 0 Å². The first-order chi connectivity index (χ1) is 16.0. The Balaban J connectivity index is 1.46. The highest BCUT2D eigenvalue weighted by atomic mass is 16.3. The Morgan fingerprint density at radius 3 is 2.52 bits per heavy atom. The fraction of sp³-hybridized carbons (Fsp3) is 0.269. The molecule has 1 atom stereocenters. The number of amides is 3. The van der Waals surface area contributed by atoms with Gasteiger partial charge in [-0.2, -0.15) is 0 Å². The van der Waals surface area contributed by atoms with E-state index in [9.17, 15) is 14.4 Å². The molecule has 3 aromatic rings. The summed E-state index contributed by atoms with van der Waals surface area (Å²) >= 11 is 0. The lowest BCUT2D eigenvalue weighted by atomic mass is 9.98. The molecule has 0 spiro atoms. The minimum atomic E-state index is -0.874. The van der Waals surface area contributed by atoms with Gasteiger partial charge in [-0.05, 0) is 43.2 Å². The van der Waals surface area contributed by atoms with Crippen molar-refractivity contribution < 1.29 is 18.8 Å². The molecule has 2 aromatic carbocycles. The number of hydrogen-bond donors (Lipinski definition) is 0. The third-order valence-corrected chi connectivity index (χ3v) is 6.53. The summed E-state index contributed by atoms with van der Waals surface area (Å²) < 4.78 is 5.49. The van der Waals surface area contributed by atoms with Gasteiger partial charge in [-0.1, -0.05) is 42.5 Å². The third-order valence-electron chi connectivity index (χ3n) is 6.53. The first kappa shape index (κ1) is 21.0. The molecule has 0 N–H and O–H groups in total. The second-order valence-corrected chi connectivity index (χ2v) is 8.67. The molecule has 0 radical (unpaired) electrons. The van der Waals surface area contributed by atoms with E-state index in [0.29, 0.717) is 42.9 Å². The number of furan rings is 1. The number of hydrogen-bond acceptors (Lipinski definition) is 4. The van der Waals surface area contributed by atoms with Crippen LogP contribution in [0.5, 0.6) is 0 Å². The maximum Gasteiger partial charge on any atom is 0.258 e. The van der Waals surface area contributed by atoms with Crippen LogP contribution in [0, 0.1) is 0 Å². The van der Waals surface area contributed by atoms with Crippen molar-refractivity contribution in [2.45, 2.75) is 38.5 Å². The molecule has 2 aliphatic heterocycles. The fourth-order valence-corrected chi connectivity index (χ4v) is 4.80. The molecule has 0 saturated carbocycles. The Morgan fingerprint density at radius 2 is 1.76 bits per heavy atom. The van der Waals surface area contributed by atoms with E-state index in [1.807, 2.05) is 49.4 Å². The van der Waals surface area contributed by atoms with Gasteiger partial charge in [0.1, 0.15) is 18.0 Å². The van der Waals surface area contributed by atoms with Crippen molar-refractivity contribution in [2.24, 2.45) is 0 Å². The van der Waals surface area contributed by atoms with E-state index in [0.717, 1.165) is 5.56 Å². The lowest BCUT2D eigenvalue weighted by Crippen LogP contribution is -2.64. The van der Waals surface area contributed by atoms with Crippen molar-refractivity contribution >= 4 is 23.4 Å². The van der Waals surface area contributed by atoms with Gasteiger partial charge in [0.15, 0.2) is 0 Å². The second-order valence-electron chi connectivity index (χ2n) is 8.67. The van der Waals surface area contributed by atoms with Crippen molar-refractivity contribution in [1.29, 1.82) is 0 Å². The van der Waals surface area contributed by atoms with Gasteiger partial charge >= 0.3 is 0 Å². The molecule has 0 bridgehead atoms. The molecule has 5 rings (SSSR count). The average molecular weight is 444 g/mol. The van der Waals surface area contributed by atoms with Crippen LogP contribution in [0.25, 0.3) is 0 Å². The van der Waals surface area contributed by atoms with Crippen LogP contribution in [-0.2, 0) is 22.7 Å². The molecule has 1 unspecified atom stereocenters. The summed E-state index contributed by atoms with van der Waals surface area (Å²) in [6.45, 7) is 2.42. The quantitative estimate of drug-likeness (QED) is 0.581. The Bertz CT molecular complexity index is 1190. The van der Waals surface area contributed by atoms with Gasteiger partial charge in [-0.15, -0.1) is 0 Å². The number of nitrogens with zero attached hydrogens (tertiary/aromatic N) is 3.